The predicted molar refractivity (Wildman–Crippen MR) is 69.5 cm³/mol. The molecule has 2 aromatic rings. The van der Waals surface area contributed by atoms with E-state index < -0.39 is 23.9 Å². The number of nitrogens with zero attached hydrogens (tertiary/aromatic N) is 2. The first kappa shape index (κ1) is 15.1. The molecule has 2 rings (SSSR count). The molecule has 1 aromatic carbocycles. The predicted octanol–water partition coefficient (Wildman–Crippen LogP) is 2.74. The Morgan fingerprint density at radius 3 is 2.67 bits per heavy atom. The smallest absolute Gasteiger partial charge is 0.335 e. The van der Waals surface area contributed by atoms with Crippen molar-refractivity contribution < 1.29 is 23.1 Å². The van der Waals surface area contributed by atoms with E-state index in [0.717, 1.165) is 6.07 Å². The Morgan fingerprint density at radius 2 is 2.10 bits per heavy atom. The van der Waals surface area contributed by atoms with Gasteiger partial charge in [-0.15, -0.1) is 10.2 Å². The lowest BCUT2D eigenvalue weighted by atomic mass is 9.96. The van der Waals surface area contributed by atoms with Crippen LogP contribution >= 0.6 is 0 Å². The van der Waals surface area contributed by atoms with Gasteiger partial charge in [0.2, 0.25) is 11.8 Å². The third kappa shape index (κ3) is 3.24. The second-order valence-corrected chi connectivity index (χ2v) is 5.31. The molecule has 0 aliphatic rings. The highest BCUT2D eigenvalue weighted by Crippen LogP contribution is 2.23. The van der Waals surface area contributed by atoms with Crippen molar-refractivity contribution in [2.45, 2.75) is 25.7 Å². The molecule has 0 radical (unpaired) electrons. The third-order valence-corrected chi connectivity index (χ3v) is 3.02. The van der Waals surface area contributed by atoms with Gasteiger partial charge in [-0.25, -0.2) is 13.6 Å². The van der Waals surface area contributed by atoms with Crippen LogP contribution in [0, 0.1) is 5.82 Å². The number of alkyl halides is 1. The van der Waals surface area contributed by atoms with Crippen molar-refractivity contribution >= 4 is 5.97 Å². The van der Waals surface area contributed by atoms with Crippen molar-refractivity contribution in [2.75, 3.05) is 6.67 Å². The van der Waals surface area contributed by atoms with Crippen LogP contribution in [-0.4, -0.2) is 27.9 Å². The first-order valence-corrected chi connectivity index (χ1v) is 6.24. The minimum absolute atomic E-state index is 0.0150. The number of aromatic nitrogens is 2. The Balaban J connectivity index is 2.21. The molecule has 0 unspecified atom stereocenters. The third-order valence-electron chi connectivity index (χ3n) is 3.02. The van der Waals surface area contributed by atoms with E-state index in [2.05, 4.69) is 10.2 Å². The molecular weight excluding hydrogens is 282 g/mol. The average molecular weight is 296 g/mol. The van der Waals surface area contributed by atoms with Crippen LogP contribution in [0.4, 0.5) is 8.78 Å². The van der Waals surface area contributed by atoms with Crippen molar-refractivity contribution in [2.24, 2.45) is 0 Å². The summed E-state index contributed by atoms with van der Waals surface area (Å²) in [5.41, 5.74) is -0.800. The first-order chi connectivity index (χ1) is 9.83. The SMILES string of the molecule is CC(C)(CF)c1nnc(Cc2ccc(C(=O)O)cc2F)o1. The van der Waals surface area contributed by atoms with Crippen LogP contribution in [0.3, 0.4) is 0 Å². The fourth-order valence-corrected chi connectivity index (χ4v) is 1.64. The largest absolute Gasteiger partial charge is 0.478 e. The summed E-state index contributed by atoms with van der Waals surface area (Å²) in [4.78, 5) is 10.7. The first-order valence-electron chi connectivity index (χ1n) is 6.24. The number of carboxylic acids is 1. The number of carboxylic acid groups (broad SMARTS) is 1. The summed E-state index contributed by atoms with van der Waals surface area (Å²) in [6.45, 7) is 2.58. The summed E-state index contributed by atoms with van der Waals surface area (Å²) in [5, 5.41) is 16.3. The van der Waals surface area contributed by atoms with E-state index in [0.29, 0.717) is 0 Å². The maximum atomic E-state index is 13.8. The number of carbonyl (C=O) groups is 1. The minimum Gasteiger partial charge on any atom is -0.478 e. The van der Waals surface area contributed by atoms with Crippen molar-refractivity contribution in [3.05, 3.63) is 46.9 Å². The highest BCUT2D eigenvalue weighted by molar-refractivity contribution is 5.87. The molecule has 21 heavy (non-hydrogen) atoms. The Kier molecular flexibility index (Phi) is 4.02. The van der Waals surface area contributed by atoms with Crippen LogP contribution in [0.1, 0.15) is 41.6 Å². The zero-order chi connectivity index (χ0) is 15.6. The summed E-state index contributed by atoms with van der Waals surface area (Å²) in [7, 11) is 0. The van der Waals surface area contributed by atoms with Gasteiger partial charge in [0.1, 0.15) is 12.5 Å². The van der Waals surface area contributed by atoms with E-state index in [1.54, 1.807) is 13.8 Å². The molecule has 0 aliphatic heterocycles. The lowest BCUT2D eigenvalue weighted by Gasteiger charge is -2.13. The molecule has 1 N–H and O–H groups in total. The quantitative estimate of drug-likeness (QED) is 0.918. The molecule has 0 spiro atoms. The van der Waals surface area contributed by atoms with Gasteiger partial charge >= 0.3 is 5.97 Å². The fraction of sp³-hybridized carbons (Fsp3) is 0.357. The molecule has 0 saturated carbocycles. The summed E-state index contributed by atoms with van der Waals surface area (Å²) in [5.74, 6) is -1.58. The van der Waals surface area contributed by atoms with Crippen molar-refractivity contribution in [1.82, 2.24) is 10.2 Å². The second-order valence-electron chi connectivity index (χ2n) is 5.31. The highest BCUT2D eigenvalue weighted by atomic mass is 19.1. The number of rotatable bonds is 5. The molecule has 7 heteroatoms. The summed E-state index contributed by atoms with van der Waals surface area (Å²) in [6.07, 6.45) is 0.0150. The van der Waals surface area contributed by atoms with Crippen molar-refractivity contribution in [3.8, 4) is 0 Å². The lowest BCUT2D eigenvalue weighted by Crippen LogP contribution is -2.20. The van der Waals surface area contributed by atoms with Crippen LogP contribution in [-0.2, 0) is 11.8 Å². The van der Waals surface area contributed by atoms with Gasteiger partial charge in [-0.3, -0.25) is 0 Å². The van der Waals surface area contributed by atoms with Gasteiger partial charge in [0.05, 0.1) is 17.4 Å². The molecule has 0 amide bonds. The maximum absolute atomic E-state index is 13.8. The Morgan fingerprint density at radius 1 is 1.38 bits per heavy atom. The van der Waals surface area contributed by atoms with Crippen LogP contribution < -0.4 is 0 Å². The summed E-state index contributed by atoms with van der Waals surface area (Å²) >= 11 is 0. The number of hydrogen-bond donors (Lipinski definition) is 1. The van der Waals surface area contributed by atoms with Gasteiger partial charge < -0.3 is 9.52 Å². The highest BCUT2D eigenvalue weighted by Gasteiger charge is 2.27. The molecule has 112 valence electrons. The van der Waals surface area contributed by atoms with E-state index in [9.17, 15) is 13.6 Å². The molecule has 1 aromatic heterocycles. The maximum Gasteiger partial charge on any atom is 0.335 e. The fourth-order valence-electron chi connectivity index (χ4n) is 1.64. The van der Waals surface area contributed by atoms with Crippen LogP contribution in [0.5, 0.6) is 0 Å². The Hall–Kier alpha value is -2.31. The second kappa shape index (κ2) is 5.59. The van der Waals surface area contributed by atoms with Gasteiger partial charge in [0, 0.05) is 0 Å². The molecular formula is C14H14F2N2O3. The van der Waals surface area contributed by atoms with E-state index in [-0.39, 0.29) is 29.3 Å². The van der Waals surface area contributed by atoms with Crippen LogP contribution in [0.15, 0.2) is 22.6 Å². The normalized spacial score (nSPS) is 11.6. The molecule has 0 saturated heterocycles. The number of benzene rings is 1. The Labute approximate surface area is 119 Å². The summed E-state index contributed by atoms with van der Waals surface area (Å²) < 4.78 is 32.0. The van der Waals surface area contributed by atoms with E-state index >= 15 is 0 Å². The van der Waals surface area contributed by atoms with E-state index in [1.807, 2.05) is 0 Å². The molecule has 0 bridgehead atoms. The lowest BCUT2D eigenvalue weighted by molar-refractivity contribution is 0.0696. The summed E-state index contributed by atoms with van der Waals surface area (Å²) in [6, 6.07) is 3.58. The Bertz CT molecular complexity index is 668. The number of halogens is 2. The van der Waals surface area contributed by atoms with Gasteiger partial charge in [0.25, 0.3) is 0 Å². The average Bonchev–Trinajstić information content (AvgIpc) is 2.90. The van der Waals surface area contributed by atoms with Crippen molar-refractivity contribution in [1.29, 1.82) is 0 Å². The number of hydrogen-bond acceptors (Lipinski definition) is 4. The van der Waals surface area contributed by atoms with Crippen molar-refractivity contribution in [3.63, 3.8) is 0 Å². The van der Waals surface area contributed by atoms with Gasteiger partial charge in [-0.1, -0.05) is 6.07 Å². The van der Waals surface area contributed by atoms with Gasteiger partial charge in [-0.05, 0) is 31.5 Å². The van der Waals surface area contributed by atoms with Gasteiger partial charge in [-0.2, -0.15) is 0 Å². The molecule has 0 fully saturated rings. The topological polar surface area (TPSA) is 76.2 Å². The zero-order valence-electron chi connectivity index (χ0n) is 11.6. The van der Waals surface area contributed by atoms with E-state index in [1.165, 1.54) is 12.1 Å². The molecule has 0 aliphatic carbocycles. The monoisotopic (exact) mass is 296 g/mol. The zero-order valence-corrected chi connectivity index (χ0v) is 11.6. The van der Waals surface area contributed by atoms with Crippen LogP contribution in [0.25, 0.3) is 0 Å². The number of aromatic carboxylic acids is 1. The van der Waals surface area contributed by atoms with E-state index in [4.69, 9.17) is 9.52 Å². The van der Waals surface area contributed by atoms with Crippen LogP contribution in [0.2, 0.25) is 0 Å². The van der Waals surface area contributed by atoms with Gasteiger partial charge in [0.15, 0.2) is 0 Å². The molecule has 5 nitrogen and oxygen atoms in total. The molecule has 1 heterocycles. The minimum atomic E-state index is -1.20. The standard InChI is InChI=1S/C14H14F2N2O3/c1-14(2,7-15)13-18-17-11(21-13)6-8-3-4-9(12(19)20)5-10(8)16/h3-5H,6-7H2,1-2H3,(H,19,20). The molecule has 0 atom stereocenters.